The van der Waals surface area contributed by atoms with Crippen molar-refractivity contribution in [2.24, 2.45) is 5.41 Å². The van der Waals surface area contributed by atoms with Gasteiger partial charge in [0, 0.05) is 22.7 Å². The van der Waals surface area contributed by atoms with E-state index in [4.69, 9.17) is 4.74 Å². The van der Waals surface area contributed by atoms with Gasteiger partial charge in [0.15, 0.2) is 0 Å². The van der Waals surface area contributed by atoms with Crippen molar-refractivity contribution in [1.82, 2.24) is 0 Å². The highest BCUT2D eigenvalue weighted by atomic mass is 16.6. The average Bonchev–Trinajstić information content (AvgIpc) is 2.90. The van der Waals surface area contributed by atoms with Crippen LogP contribution < -0.4 is 5.32 Å². The number of nitrogens with one attached hydrogen (secondary N) is 1. The molecule has 122 valence electrons. The Balaban J connectivity index is 2.16. The van der Waals surface area contributed by atoms with Crippen LogP contribution in [0.2, 0.25) is 0 Å². The lowest BCUT2D eigenvalue weighted by Gasteiger charge is -2.21. The van der Waals surface area contributed by atoms with Crippen molar-refractivity contribution < 1.29 is 19.7 Å². The number of amides is 1. The number of aromatic hydroxyl groups is 1. The molecule has 1 aliphatic carbocycles. The van der Waals surface area contributed by atoms with E-state index in [9.17, 15) is 15.0 Å². The lowest BCUT2D eigenvalue weighted by molar-refractivity contribution is 0.0636. The molecule has 3 N–H and O–H groups in total. The molecular formula is C17H25NO4. The van der Waals surface area contributed by atoms with Crippen LogP contribution in [0.3, 0.4) is 0 Å². The molecule has 0 aromatic heterocycles. The number of benzene rings is 1. The molecule has 0 spiro atoms. The molecule has 1 aromatic rings. The molecule has 1 amide bonds. The molecule has 1 aliphatic rings. The van der Waals surface area contributed by atoms with Crippen molar-refractivity contribution in [2.75, 3.05) is 11.9 Å². The van der Waals surface area contributed by atoms with Gasteiger partial charge in [0.1, 0.15) is 11.4 Å². The lowest BCUT2D eigenvalue weighted by Crippen LogP contribution is -2.27. The van der Waals surface area contributed by atoms with E-state index in [1.807, 2.05) is 0 Å². The Morgan fingerprint density at radius 3 is 2.36 bits per heavy atom. The van der Waals surface area contributed by atoms with Crippen molar-refractivity contribution >= 4 is 11.8 Å². The van der Waals surface area contributed by atoms with Crippen molar-refractivity contribution in [1.29, 1.82) is 0 Å². The molecule has 0 bridgehead atoms. The lowest BCUT2D eigenvalue weighted by atomic mass is 9.88. The van der Waals surface area contributed by atoms with Crippen LogP contribution in [0.4, 0.5) is 10.5 Å². The Labute approximate surface area is 131 Å². The first-order chi connectivity index (χ1) is 10.0. The first kappa shape index (κ1) is 16.6. The predicted molar refractivity (Wildman–Crippen MR) is 85.1 cm³/mol. The number of hydrogen-bond acceptors (Lipinski definition) is 4. The summed E-state index contributed by atoms with van der Waals surface area (Å²) in [7, 11) is 0. The molecule has 0 heterocycles. The first-order valence-electron chi connectivity index (χ1n) is 7.45. The van der Waals surface area contributed by atoms with Crippen molar-refractivity contribution in [3.63, 3.8) is 0 Å². The number of phenols is 1. The molecule has 5 nitrogen and oxygen atoms in total. The molecule has 22 heavy (non-hydrogen) atoms. The zero-order chi connectivity index (χ0) is 16.8. The van der Waals surface area contributed by atoms with Gasteiger partial charge in [0.05, 0.1) is 6.61 Å². The minimum atomic E-state index is -0.578. The van der Waals surface area contributed by atoms with Crippen molar-refractivity contribution in [3.8, 4) is 5.75 Å². The minimum Gasteiger partial charge on any atom is -0.508 e. The van der Waals surface area contributed by atoms with Gasteiger partial charge in [-0.05, 0) is 38.7 Å². The molecule has 1 fully saturated rings. The summed E-state index contributed by atoms with van der Waals surface area (Å²) in [6, 6.07) is 4.96. The van der Waals surface area contributed by atoms with Gasteiger partial charge in [0.25, 0.3) is 0 Å². The number of carbonyl (C=O) groups is 1. The highest BCUT2D eigenvalue weighted by Gasteiger charge is 2.62. The maximum Gasteiger partial charge on any atom is 0.412 e. The van der Waals surface area contributed by atoms with Crippen LogP contribution in [0, 0.1) is 5.41 Å². The maximum absolute atomic E-state index is 11.7. The number of aliphatic hydroxyl groups is 1. The summed E-state index contributed by atoms with van der Waals surface area (Å²) >= 11 is 0. The van der Waals surface area contributed by atoms with Crippen molar-refractivity contribution in [2.45, 2.75) is 52.1 Å². The number of carbonyl (C=O) groups excluding carboxylic acids is 1. The summed E-state index contributed by atoms with van der Waals surface area (Å²) in [5.41, 5.74) is 0.156. The van der Waals surface area contributed by atoms with E-state index in [1.54, 1.807) is 32.9 Å². The third-order valence-electron chi connectivity index (χ3n) is 4.34. The smallest absolute Gasteiger partial charge is 0.412 e. The standard InChI is InChI=1S/C17H25NO4/c1-15(2,3)22-14(21)18-11-6-7-12(13(20)8-11)17(10-19)9-16(17,4)5/h6-8,19-20H,9-10H2,1-5H3,(H,18,21). The Kier molecular flexibility index (Phi) is 3.90. The van der Waals surface area contributed by atoms with Crippen LogP contribution in [0.15, 0.2) is 18.2 Å². The van der Waals surface area contributed by atoms with E-state index in [1.165, 1.54) is 6.07 Å². The molecule has 1 unspecified atom stereocenters. The fraction of sp³-hybridized carbons (Fsp3) is 0.588. The van der Waals surface area contributed by atoms with Gasteiger partial charge >= 0.3 is 6.09 Å². The summed E-state index contributed by atoms with van der Waals surface area (Å²) in [5, 5.41) is 22.6. The van der Waals surface area contributed by atoms with Gasteiger partial charge in [-0.15, -0.1) is 0 Å². The van der Waals surface area contributed by atoms with E-state index < -0.39 is 17.1 Å². The van der Waals surface area contributed by atoms with Crippen LogP contribution in [-0.2, 0) is 10.2 Å². The van der Waals surface area contributed by atoms with Crippen LogP contribution in [0.25, 0.3) is 0 Å². The van der Waals surface area contributed by atoms with Gasteiger partial charge in [-0.3, -0.25) is 5.32 Å². The first-order valence-corrected chi connectivity index (χ1v) is 7.45. The summed E-state index contributed by atoms with van der Waals surface area (Å²) in [6.07, 6.45) is 0.256. The monoisotopic (exact) mass is 307 g/mol. The normalized spacial score (nSPS) is 23.0. The second-order valence-corrected chi connectivity index (χ2v) is 7.66. The average molecular weight is 307 g/mol. The van der Waals surface area contributed by atoms with E-state index in [0.29, 0.717) is 5.69 Å². The summed E-state index contributed by atoms with van der Waals surface area (Å²) in [4.78, 5) is 11.7. The molecule has 1 atom stereocenters. The second kappa shape index (κ2) is 5.16. The number of phenolic OH excluding ortho intramolecular Hbond substituents is 1. The fourth-order valence-corrected chi connectivity index (χ4v) is 2.96. The Morgan fingerprint density at radius 1 is 1.36 bits per heavy atom. The maximum atomic E-state index is 11.7. The van der Waals surface area contributed by atoms with Crippen LogP contribution in [-0.4, -0.2) is 28.5 Å². The summed E-state index contributed by atoms with van der Waals surface area (Å²) in [5.74, 6) is 0.0770. The summed E-state index contributed by atoms with van der Waals surface area (Å²) in [6.45, 7) is 9.48. The van der Waals surface area contributed by atoms with E-state index in [0.717, 1.165) is 12.0 Å². The van der Waals surface area contributed by atoms with Gasteiger partial charge in [0.2, 0.25) is 0 Å². The Bertz CT molecular complexity index is 589. The third kappa shape index (κ3) is 3.04. The molecule has 0 saturated heterocycles. The fourth-order valence-electron chi connectivity index (χ4n) is 2.96. The predicted octanol–water partition coefficient (Wildman–Crippen LogP) is 3.40. The van der Waals surface area contributed by atoms with E-state index in [2.05, 4.69) is 19.2 Å². The van der Waals surface area contributed by atoms with Crippen molar-refractivity contribution in [3.05, 3.63) is 23.8 Å². The zero-order valence-corrected chi connectivity index (χ0v) is 13.9. The third-order valence-corrected chi connectivity index (χ3v) is 4.34. The molecule has 1 aromatic carbocycles. The number of ether oxygens (including phenoxy) is 1. The minimum absolute atomic E-state index is 0.00754. The molecule has 0 radical (unpaired) electrons. The molecule has 0 aliphatic heterocycles. The largest absolute Gasteiger partial charge is 0.508 e. The number of aliphatic hydroxyl groups excluding tert-OH is 1. The van der Waals surface area contributed by atoms with Gasteiger partial charge in [-0.1, -0.05) is 19.9 Å². The quantitative estimate of drug-likeness (QED) is 0.799. The van der Waals surface area contributed by atoms with Gasteiger partial charge in [-0.25, -0.2) is 4.79 Å². The van der Waals surface area contributed by atoms with Gasteiger partial charge < -0.3 is 14.9 Å². The molecular weight excluding hydrogens is 282 g/mol. The molecule has 5 heteroatoms. The van der Waals surface area contributed by atoms with E-state index >= 15 is 0 Å². The second-order valence-electron chi connectivity index (χ2n) is 7.66. The SMILES string of the molecule is CC(C)(C)OC(=O)Nc1ccc(C2(CO)CC2(C)C)c(O)c1. The van der Waals surface area contributed by atoms with Gasteiger partial charge in [-0.2, -0.15) is 0 Å². The zero-order valence-electron chi connectivity index (χ0n) is 13.9. The topological polar surface area (TPSA) is 78.8 Å². The van der Waals surface area contributed by atoms with E-state index in [-0.39, 0.29) is 17.8 Å². The Hall–Kier alpha value is -1.75. The Morgan fingerprint density at radius 2 is 1.95 bits per heavy atom. The molecule has 2 rings (SSSR count). The number of rotatable bonds is 3. The summed E-state index contributed by atoms with van der Waals surface area (Å²) < 4.78 is 5.17. The number of anilines is 1. The highest BCUT2D eigenvalue weighted by molar-refractivity contribution is 5.85. The highest BCUT2D eigenvalue weighted by Crippen LogP contribution is 2.65. The van der Waals surface area contributed by atoms with Crippen LogP contribution in [0.5, 0.6) is 5.75 Å². The van der Waals surface area contributed by atoms with Crippen LogP contribution >= 0.6 is 0 Å². The molecule has 1 saturated carbocycles. The number of hydrogen-bond donors (Lipinski definition) is 3. The van der Waals surface area contributed by atoms with Crippen LogP contribution in [0.1, 0.15) is 46.6 Å².